The van der Waals surface area contributed by atoms with Crippen molar-refractivity contribution >= 4 is 34.1 Å². The second-order valence-corrected chi connectivity index (χ2v) is 9.93. The van der Waals surface area contributed by atoms with Gasteiger partial charge in [0.15, 0.2) is 11.6 Å². The lowest BCUT2D eigenvalue weighted by atomic mass is 10.1. The Hall–Kier alpha value is -2.82. The number of pyridine rings is 1. The zero-order valence-corrected chi connectivity index (χ0v) is 21.0. The number of anilines is 2. The molecule has 1 saturated heterocycles. The maximum atomic E-state index is 14.7. The molecule has 2 aromatic heterocycles. The molecule has 34 heavy (non-hydrogen) atoms. The van der Waals surface area contributed by atoms with Crippen LogP contribution in [0, 0.1) is 12.7 Å². The van der Waals surface area contributed by atoms with Crippen molar-refractivity contribution in [1.82, 2.24) is 10.3 Å². The van der Waals surface area contributed by atoms with Crippen LogP contribution in [0.15, 0.2) is 51.8 Å². The minimum absolute atomic E-state index is 0. The maximum Gasteiger partial charge on any atom is 0.263 e. The number of benzene rings is 1. The van der Waals surface area contributed by atoms with Crippen molar-refractivity contribution in [1.29, 1.82) is 0 Å². The van der Waals surface area contributed by atoms with Gasteiger partial charge in [0.25, 0.3) is 10.0 Å². The van der Waals surface area contributed by atoms with Crippen LogP contribution in [-0.2, 0) is 10.0 Å². The average molecular weight is 511 g/mol. The largest absolute Gasteiger partial charge is 0.493 e. The van der Waals surface area contributed by atoms with Crippen LogP contribution in [-0.4, -0.2) is 45.7 Å². The number of hydrogen-bond acceptors (Lipinski definition) is 7. The number of halogens is 2. The van der Waals surface area contributed by atoms with Gasteiger partial charge >= 0.3 is 0 Å². The Morgan fingerprint density at radius 2 is 1.85 bits per heavy atom. The molecule has 4 rings (SSSR count). The third-order valence-electron chi connectivity index (χ3n) is 5.43. The van der Waals surface area contributed by atoms with Crippen molar-refractivity contribution < 1.29 is 22.0 Å². The first kappa shape index (κ1) is 25.8. The molecule has 0 radical (unpaired) electrons. The molecular weight excluding hydrogens is 483 g/mol. The van der Waals surface area contributed by atoms with E-state index in [-0.39, 0.29) is 46.5 Å². The van der Waals surface area contributed by atoms with Gasteiger partial charge in [-0.25, -0.2) is 17.8 Å². The first-order valence-corrected chi connectivity index (χ1v) is 12.1. The lowest BCUT2D eigenvalue weighted by Crippen LogP contribution is -2.54. The summed E-state index contributed by atoms with van der Waals surface area (Å²) < 4.78 is 54.0. The monoisotopic (exact) mass is 510 g/mol. The highest BCUT2D eigenvalue weighted by Crippen LogP contribution is 2.31. The van der Waals surface area contributed by atoms with E-state index in [0.29, 0.717) is 17.3 Å². The lowest BCUT2D eigenvalue weighted by molar-refractivity contribution is 0.403. The summed E-state index contributed by atoms with van der Waals surface area (Å²) in [6.45, 7) is 7.38. The normalized spacial score (nSPS) is 18.3. The molecule has 0 unspecified atom stereocenters. The molecule has 1 aliphatic rings. The quantitative estimate of drug-likeness (QED) is 0.512. The number of aromatic nitrogens is 1. The summed E-state index contributed by atoms with van der Waals surface area (Å²) in [6, 6.07) is 11.0. The fraction of sp³-hybridized carbons (Fsp3) is 0.348. The SMILES string of the molecule is COc1ccc(N2C[C@@H](C)N[C@@H](C)C2)nc1NS(=O)(=O)c1ccc(-c2ccc(C)o2)c(F)c1.Cl. The predicted molar refractivity (Wildman–Crippen MR) is 132 cm³/mol. The number of methoxy groups -OCH3 is 1. The van der Waals surface area contributed by atoms with Crippen molar-refractivity contribution in [3.8, 4) is 17.1 Å². The van der Waals surface area contributed by atoms with Crippen LogP contribution >= 0.6 is 12.4 Å². The molecule has 8 nitrogen and oxygen atoms in total. The van der Waals surface area contributed by atoms with Gasteiger partial charge in [0.2, 0.25) is 0 Å². The van der Waals surface area contributed by atoms with Crippen LogP contribution in [0.5, 0.6) is 5.75 Å². The van der Waals surface area contributed by atoms with Gasteiger partial charge < -0.3 is 19.4 Å². The third kappa shape index (κ3) is 5.45. The molecule has 0 spiro atoms. The van der Waals surface area contributed by atoms with Crippen molar-refractivity contribution in [2.45, 2.75) is 37.8 Å². The number of ether oxygens (including phenoxy) is 1. The Morgan fingerprint density at radius 3 is 2.44 bits per heavy atom. The average Bonchev–Trinajstić information content (AvgIpc) is 3.18. The molecule has 2 N–H and O–H groups in total. The summed E-state index contributed by atoms with van der Waals surface area (Å²) in [7, 11) is -2.69. The standard InChI is InChI=1S/C23H27FN4O4S.ClH/c1-14-12-28(13-15(2)25-14)22-10-9-21(31-4)23(26-22)27-33(29,30)17-6-7-18(19(24)11-17)20-8-5-16(3)32-20;/h5-11,14-15,25H,12-13H2,1-4H3,(H,26,27);1H/t14-,15+;. The summed E-state index contributed by atoms with van der Waals surface area (Å²) in [5.74, 6) is 1.20. The number of aryl methyl sites for hydroxylation is 1. The van der Waals surface area contributed by atoms with E-state index in [9.17, 15) is 12.8 Å². The van der Waals surface area contributed by atoms with Gasteiger partial charge in [0.1, 0.15) is 23.2 Å². The molecule has 11 heteroatoms. The number of piperazine rings is 1. The molecule has 3 heterocycles. The summed E-state index contributed by atoms with van der Waals surface area (Å²) in [4.78, 5) is 6.37. The highest BCUT2D eigenvalue weighted by atomic mass is 35.5. The maximum absolute atomic E-state index is 14.7. The first-order chi connectivity index (χ1) is 15.7. The molecule has 0 saturated carbocycles. The van der Waals surface area contributed by atoms with Gasteiger partial charge in [-0.3, -0.25) is 4.72 Å². The van der Waals surface area contributed by atoms with Crippen LogP contribution in [0.2, 0.25) is 0 Å². The van der Waals surface area contributed by atoms with Gasteiger partial charge in [-0.1, -0.05) is 0 Å². The smallest absolute Gasteiger partial charge is 0.263 e. The fourth-order valence-electron chi connectivity index (χ4n) is 3.99. The molecular formula is C23H28ClFN4O4S. The second kappa shape index (κ2) is 10.2. The zero-order valence-electron chi connectivity index (χ0n) is 19.3. The fourth-order valence-corrected chi connectivity index (χ4v) is 5.02. The molecule has 184 valence electrons. The number of nitrogens with one attached hydrogen (secondary N) is 2. The van der Waals surface area contributed by atoms with Gasteiger partial charge in [-0.15, -0.1) is 12.4 Å². The van der Waals surface area contributed by atoms with Crippen LogP contribution in [0.1, 0.15) is 19.6 Å². The third-order valence-corrected chi connectivity index (χ3v) is 6.77. The minimum Gasteiger partial charge on any atom is -0.493 e. The van der Waals surface area contributed by atoms with E-state index in [2.05, 4.69) is 33.8 Å². The topological polar surface area (TPSA) is 96.7 Å². The highest BCUT2D eigenvalue weighted by Gasteiger charge is 2.25. The Balaban J connectivity index is 0.00000324. The molecule has 1 fully saturated rings. The second-order valence-electron chi connectivity index (χ2n) is 8.25. The van der Waals surface area contributed by atoms with Crippen LogP contribution < -0.4 is 19.7 Å². The number of hydrogen-bond donors (Lipinski definition) is 2. The number of rotatable bonds is 6. The molecule has 2 atom stereocenters. The molecule has 0 amide bonds. The zero-order chi connectivity index (χ0) is 23.8. The van der Waals surface area contributed by atoms with Crippen molar-refractivity contribution in [3.63, 3.8) is 0 Å². The number of nitrogens with zero attached hydrogens (tertiary/aromatic N) is 2. The number of sulfonamides is 1. The first-order valence-electron chi connectivity index (χ1n) is 10.6. The molecule has 0 aliphatic carbocycles. The summed E-state index contributed by atoms with van der Waals surface area (Å²) >= 11 is 0. The molecule has 1 aromatic carbocycles. The van der Waals surface area contributed by atoms with Gasteiger partial charge in [0, 0.05) is 25.2 Å². The Kier molecular flexibility index (Phi) is 7.74. The predicted octanol–water partition coefficient (Wildman–Crippen LogP) is 4.21. The number of furan rings is 1. The Bertz CT molecular complexity index is 1260. The van der Waals surface area contributed by atoms with E-state index in [1.54, 1.807) is 31.2 Å². The summed E-state index contributed by atoms with van der Waals surface area (Å²) in [5, 5.41) is 3.45. The van der Waals surface area contributed by atoms with E-state index in [1.807, 2.05) is 0 Å². The van der Waals surface area contributed by atoms with E-state index in [0.717, 1.165) is 19.2 Å². The van der Waals surface area contributed by atoms with E-state index >= 15 is 0 Å². The Labute approximate surface area is 205 Å². The van der Waals surface area contributed by atoms with Crippen molar-refractivity contribution in [2.75, 3.05) is 29.8 Å². The lowest BCUT2D eigenvalue weighted by Gasteiger charge is -2.37. The van der Waals surface area contributed by atoms with Gasteiger partial charge in [-0.2, -0.15) is 0 Å². The van der Waals surface area contributed by atoms with E-state index < -0.39 is 15.8 Å². The summed E-state index contributed by atoms with van der Waals surface area (Å²) in [6.07, 6.45) is 0. The van der Waals surface area contributed by atoms with Gasteiger partial charge in [0.05, 0.1) is 17.6 Å². The van der Waals surface area contributed by atoms with Crippen molar-refractivity contribution in [3.05, 3.63) is 54.0 Å². The molecule has 1 aliphatic heterocycles. The van der Waals surface area contributed by atoms with E-state index in [1.165, 1.54) is 19.2 Å². The summed E-state index contributed by atoms with van der Waals surface area (Å²) in [5.41, 5.74) is 0.182. The minimum atomic E-state index is -4.13. The highest BCUT2D eigenvalue weighted by molar-refractivity contribution is 7.92. The van der Waals surface area contributed by atoms with E-state index in [4.69, 9.17) is 9.15 Å². The van der Waals surface area contributed by atoms with Crippen LogP contribution in [0.4, 0.5) is 16.0 Å². The van der Waals surface area contributed by atoms with Crippen LogP contribution in [0.3, 0.4) is 0 Å². The van der Waals surface area contributed by atoms with Crippen LogP contribution in [0.25, 0.3) is 11.3 Å². The molecule has 3 aromatic rings. The Morgan fingerprint density at radius 1 is 1.15 bits per heavy atom. The van der Waals surface area contributed by atoms with Crippen molar-refractivity contribution in [2.24, 2.45) is 0 Å². The van der Waals surface area contributed by atoms with Gasteiger partial charge in [-0.05, 0) is 63.2 Å². The molecule has 0 bridgehead atoms.